The summed E-state index contributed by atoms with van der Waals surface area (Å²) < 4.78 is 22.8. The van der Waals surface area contributed by atoms with Gasteiger partial charge in [0.05, 0.1) is 18.2 Å². The molecule has 1 N–H and O–H groups in total. The Bertz CT molecular complexity index is 1240. The molecule has 9 heteroatoms. The Morgan fingerprint density at radius 2 is 1.87 bits per heavy atom. The van der Waals surface area contributed by atoms with Crippen LogP contribution in [0.1, 0.15) is 30.5 Å². The maximum Gasteiger partial charge on any atom is 0.295 e. The van der Waals surface area contributed by atoms with Gasteiger partial charge in [0, 0.05) is 12.1 Å². The van der Waals surface area contributed by atoms with Crippen molar-refractivity contribution < 1.29 is 33.6 Å². The van der Waals surface area contributed by atoms with E-state index in [1.54, 1.807) is 42.5 Å². The fraction of sp³-hybridized carbons (Fsp3) is 0.379. The molecule has 0 unspecified atom stereocenters. The Labute approximate surface area is 222 Å². The summed E-state index contributed by atoms with van der Waals surface area (Å²) in [4.78, 5) is 30.2. The van der Waals surface area contributed by atoms with Gasteiger partial charge in [-0.1, -0.05) is 18.7 Å². The number of hydrogen-bond acceptors (Lipinski definition) is 8. The minimum Gasteiger partial charge on any atom is -0.507 e. The fourth-order valence-corrected chi connectivity index (χ4v) is 4.59. The number of carbonyl (C=O) groups is 2. The smallest absolute Gasteiger partial charge is 0.295 e. The van der Waals surface area contributed by atoms with Crippen molar-refractivity contribution >= 4 is 17.4 Å². The summed E-state index contributed by atoms with van der Waals surface area (Å²) in [6, 6.07) is 9.44. The van der Waals surface area contributed by atoms with Crippen molar-refractivity contribution in [2.75, 3.05) is 53.6 Å². The molecule has 38 heavy (non-hydrogen) atoms. The van der Waals surface area contributed by atoms with E-state index in [0.717, 1.165) is 6.54 Å². The van der Waals surface area contributed by atoms with Crippen molar-refractivity contribution in [2.24, 2.45) is 0 Å². The first-order chi connectivity index (χ1) is 18.3. The zero-order chi connectivity index (χ0) is 27.2. The van der Waals surface area contributed by atoms with Crippen molar-refractivity contribution in [3.05, 3.63) is 65.8 Å². The first-order valence-electron chi connectivity index (χ1n) is 12.7. The van der Waals surface area contributed by atoms with Gasteiger partial charge in [-0.25, -0.2) is 0 Å². The molecule has 4 rings (SSSR count). The molecule has 1 saturated heterocycles. The van der Waals surface area contributed by atoms with E-state index in [4.69, 9.17) is 18.9 Å². The van der Waals surface area contributed by atoms with Crippen LogP contribution < -0.4 is 18.9 Å². The molecule has 0 spiro atoms. The molecule has 9 nitrogen and oxygen atoms in total. The highest BCUT2D eigenvalue weighted by molar-refractivity contribution is 6.46. The van der Waals surface area contributed by atoms with Gasteiger partial charge in [0.1, 0.15) is 25.6 Å². The van der Waals surface area contributed by atoms with E-state index in [1.165, 1.54) is 4.90 Å². The number of aliphatic hydroxyl groups is 1. The molecule has 2 aliphatic rings. The number of ether oxygens (including phenoxy) is 4. The first-order valence-corrected chi connectivity index (χ1v) is 12.7. The summed E-state index contributed by atoms with van der Waals surface area (Å²) in [6.07, 6.45) is 2.29. The Balaban J connectivity index is 1.81. The van der Waals surface area contributed by atoms with Gasteiger partial charge in [0.2, 0.25) is 0 Å². The molecule has 2 aromatic rings. The normalized spacial score (nSPS) is 18.1. The molecule has 0 aliphatic carbocycles. The van der Waals surface area contributed by atoms with Crippen LogP contribution in [0.2, 0.25) is 0 Å². The number of nitrogens with zero attached hydrogens (tertiary/aromatic N) is 2. The number of Topliss-reactive ketones (excluding diaryl/α,β-unsaturated/α-hetero) is 1. The van der Waals surface area contributed by atoms with E-state index < -0.39 is 17.7 Å². The first kappa shape index (κ1) is 27.1. The van der Waals surface area contributed by atoms with E-state index >= 15 is 0 Å². The van der Waals surface area contributed by atoms with E-state index in [9.17, 15) is 14.7 Å². The molecule has 0 aromatic heterocycles. The van der Waals surface area contributed by atoms with Crippen LogP contribution in [-0.2, 0) is 9.59 Å². The molecule has 0 radical (unpaired) electrons. The zero-order valence-corrected chi connectivity index (χ0v) is 22.1. The fourth-order valence-electron chi connectivity index (χ4n) is 4.59. The number of amides is 1. The van der Waals surface area contributed by atoms with Crippen molar-refractivity contribution in [1.29, 1.82) is 0 Å². The Morgan fingerprint density at radius 3 is 2.58 bits per heavy atom. The molecule has 2 aromatic carbocycles. The van der Waals surface area contributed by atoms with Gasteiger partial charge in [0.25, 0.3) is 11.7 Å². The number of fused-ring (bicyclic) bond motifs is 1. The lowest BCUT2D eigenvalue weighted by molar-refractivity contribution is -0.139. The Hall–Kier alpha value is -3.98. The maximum absolute atomic E-state index is 13.4. The monoisotopic (exact) mass is 522 g/mol. The third-order valence-corrected chi connectivity index (χ3v) is 6.30. The second-order valence-corrected chi connectivity index (χ2v) is 9.25. The van der Waals surface area contributed by atoms with Crippen LogP contribution in [0.25, 0.3) is 5.76 Å². The van der Waals surface area contributed by atoms with Crippen molar-refractivity contribution in [3.8, 4) is 23.0 Å². The van der Waals surface area contributed by atoms with Crippen LogP contribution in [-0.4, -0.2) is 80.2 Å². The van der Waals surface area contributed by atoms with Gasteiger partial charge < -0.3 is 33.9 Å². The van der Waals surface area contributed by atoms with Crippen LogP contribution in [0.3, 0.4) is 0 Å². The molecular weight excluding hydrogens is 488 g/mol. The van der Waals surface area contributed by atoms with Gasteiger partial charge in [-0.3, -0.25) is 9.59 Å². The predicted molar refractivity (Wildman–Crippen MR) is 143 cm³/mol. The Kier molecular flexibility index (Phi) is 8.58. The second kappa shape index (κ2) is 12.0. The lowest BCUT2D eigenvalue weighted by Crippen LogP contribution is -2.32. The molecule has 0 saturated carbocycles. The van der Waals surface area contributed by atoms with E-state index in [-0.39, 0.29) is 11.3 Å². The highest BCUT2D eigenvalue weighted by atomic mass is 16.6. The average Bonchev–Trinajstić information content (AvgIpc) is 3.16. The zero-order valence-electron chi connectivity index (χ0n) is 22.1. The minimum absolute atomic E-state index is 0.0127. The Morgan fingerprint density at radius 1 is 1.11 bits per heavy atom. The molecule has 1 amide bonds. The van der Waals surface area contributed by atoms with E-state index in [2.05, 4.69) is 6.58 Å². The number of benzene rings is 2. The summed E-state index contributed by atoms with van der Waals surface area (Å²) in [6.45, 7) is 8.13. The number of carbonyl (C=O) groups excluding carboxylic acids is 2. The largest absolute Gasteiger partial charge is 0.507 e. The number of aliphatic hydroxyl groups excluding tert-OH is 1. The number of ketones is 1. The number of likely N-dealkylation sites (tertiary alicyclic amines) is 1. The van der Waals surface area contributed by atoms with Crippen molar-refractivity contribution in [3.63, 3.8) is 0 Å². The molecule has 202 valence electrons. The standard InChI is InChI=1S/C29H34N2O7/c1-5-14-36-21-10-8-19(17-23(21)35-6-2)26-25(28(33)29(34)31(26)13-7-12-30(3)4)27(32)20-9-11-22-24(18-20)38-16-15-37-22/h5,8-11,17-18,26,32H,1,6-7,12-16H2,2-4H3/b27-25+/t26-/m0/s1. The lowest BCUT2D eigenvalue weighted by atomic mass is 9.94. The third-order valence-electron chi connectivity index (χ3n) is 6.30. The highest BCUT2D eigenvalue weighted by Crippen LogP contribution is 2.43. The quantitative estimate of drug-likeness (QED) is 0.206. The van der Waals surface area contributed by atoms with Gasteiger partial charge in [0.15, 0.2) is 23.0 Å². The topological polar surface area (TPSA) is 97.8 Å². The summed E-state index contributed by atoms with van der Waals surface area (Å²) in [5.41, 5.74) is 1.00. The van der Waals surface area contributed by atoms with Gasteiger partial charge in [-0.2, -0.15) is 0 Å². The van der Waals surface area contributed by atoms with Gasteiger partial charge >= 0.3 is 0 Å². The summed E-state index contributed by atoms with van der Waals surface area (Å²) in [7, 11) is 3.90. The molecule has 2 heterocycles. The average molecular weight is 523 g/mol. The van der Waals surface area contributed by atoms with Crippen LogP contribution in [0, 0.1) is 0 Å². The summed E-state index contributed by atoms with van der Waals surface area (Å²) >= 11 is 0. The van der Waals surface area contributed by atoms with Crippen LogP contribution >= 0.6 is 0 Å². The molecule has 1 atom stereocenters. The summed E-state index contributed by atoms with van der Waals surface area (Å²) in [5, 5.41) is 11.4. The third kappa shape index (κ3) is 5.62. The van der Waals surface area contributed by atoms with Gasteiger partial charge in [-0.15, -0.1) is 0 Å². The molecular formula is C29H34N2O7. The maximum atomic E-state index is 13.4. The van der Waals surface area contributed by atoms with Crippen LogP contribution in [0.4, 0.5) is 0 Å². The van der Waals surface area contributed by atoms with E-state index in [0.29, 0.717) is 73.5 Å². The molecule has 2 aliphatic heterocycles. The number of rotatable bonds is 11. The predicted octanol–water partition coefficient (Wildman–Crippen LogP) is 3.79. The van der Waals surface area contributed by atoms with E-state index in [1.807, 2.05) is 25.9 Å². The second-order valence-electron chi connectivity index (χ2n) is 9.25. The summed E-state index contributed by atoms with van der Waals surface area (Å²) in [5.74, 6) is 0.363. The van der Waals surface area contributed by atoms with Crippen molar-refractivity contribution in [2.45, 2.75) is 19.4 Å². The SMILES string of the molecule is C=CCOc1ccc([C@H]2/C(=C(\O)c3ccc4c(c3)OCCO4)C(=O)C(=O)N2CCCN(C)C)cc1OCC. The molecule has 1 fully saturated rings. The van der Waals surface area contributed by atoms with Crippen LogP contribution in [0.15, 0.2) is 54.6 Å². The molecule has 0 bridgehead atoms. The van der Waals surface area contributed by atoms with Gasteiger partial charge in [-0.05, 0) is 69.9 Å². The van der Waals surface area contributed by atoms with Crippen molar-refractivity contribution in [1.82, 2.24) is 9.80 Å². The highest BCUT2D eigenvalue weighted by Gasteiger charge is 2.46. The minimum atomic E-state index is -0.807. The lowest BCUT2D eigenvalue weighted by Gasteiger charge is -2.26. The number of hydrogen-bond donors (Lipinski definition) is 1. The van der Waals surface area contributed by atoms with Crippen LogP contribution in [0.5, 0.6) is 23.0 Å².